The Morgan fingerprint density at radius 3 is 2.41 bits per heavy atom. The van der Waals surface area contributed by atoms with Gasteiger partial charge in [-0.3, -0.25) is 4.79 Å². The highest BCUT2D eigenvalue weighted by atomic mass is 35.5. The van der Waals surface area contributed by atoms with Crippen molar-refractivity contribution in [3.63, 3.8) is 0 Å². The second-order valence-electron chi connectivity index (χ2n) is 4.15. The molecule has 0 aliphatic carbocycles. The van der Waals surface area contributed by atoms with Gasteiger partial charge in [0.15, 0.2) is 0 Å². The average molecular weight is 257 g/mol. The third kappa shape index (κ3) is 5.71. The molecular weight excluding hydrogens is 236 g/mol. The summed E-state index contributed by atoms with van der Waals surface area (Å²) in [5, 5.41) is 5.72. The molecule has 0 aromatic heterocycles. The van der Waals surface area contributed by atoms with Crippen molar-refractivity contribution in [3.8, 4) is 0 Å². The van der Waals surface area contributed by atoms with Crippen molar-refractivity contribution in [2.45, 2.75) is 19.8 Å². The standard InChI is InChI=1S/C13H20N2O.ClH/c1-10-4-6-12(7-5-10)11(2)8-15-13(16)9-14-3;/h4-7,11,14H,8-9H2,1-3H3,(H,15,16);1H. The van der Waals surface area contributed by atoms with Crippen molar-refractivity contribution < 1.29 is 4.79 Å². The van der Waals surface area contributed by atoms with E-state index >= 15 is 0 Å². The monoisotopic (exact) mass is 256 g/mol. The van der Waals surface area contributed by atoms with E-state index in [1.54, 1.807) is 7.05 Å². The van der Waals surface area contributed by atoms with Gasteiger partial charge in [-0.1, -0.05) is 36.8 Å². The van der Waals surface area contributed by atoms with E-state index in [1.165, 1.54) is 11.1 Å². The van der Waals surface area contributed by atoms with E-state index in [0.29, 0.717) is 19.0 Å². The molecular formula is C13H21ClN2O. The van der Waals surface area contributed by atoms with Gasteiger partial charge in [0.1, 0.15) is 0 Å². The van der Waals surface area contributed by atoms with Gasteiger partial charge in [0.05, 0.1) is 6.54 Å². The first-order valence-electron chi connectivity index (χ1n) is 5.61. The van der Waals surface area contributed by atoms with Crippen molar-refractivity contribution in [1.29, 1.82) is 0 Å². The normalized spacial score (nSPS) is 11.5. The fourth-order valence-corrected chi connectivity index (χ4v) is 1.50. The van der Waals surface area contributed by atoms with Crippen LogP contribution in [0.5, 0.6) is 0 Å². The number of halogens is 1. The zero-order chi connectivity index (χ0) is 12.0. The van der Waals surface area contributed by atoms with Crippen LogP contribution in [0, 0.1) is 6.92 Å². The molecule has 4 heteroatoms. The second-order valence-corrected chi connectivity index (χ2v) is 4.15. The van der Waals surface area contributed by atoms with Crippen LogP contribution in [0.15, 0.2) is 24.3 Å². The van der Waals surface area contributed by atoms with E-state index in [2.05, 4.69) is 48.7 Å². The zero-order valence-corrected chi connectivity index (χ0v) is 11.4. The molecule has 1 aromatic carbocycles. The molecule has 96 valence electrons. The van der Waals surface area contributed by atoms with E-state index in [1.807, 2.05) is 0 Å². The molecule has 0 aliphatic rings. The molecule has 0 aliphatic heterocycles. The zero-order valence-electron chi connectivity index (χ0n) is 10.6. The first-order valence-corrected chi connectivity index (χ1v) is 5.61. The molecule has 1 aromatic rings. The van der Waals surface area contributed by atoms with Gasteiger partial charge in [-0.15, -0.1) is 12.4 Å². The van der Waals surface area contributed by atoms with Gasteiger partial charge in [-0.05, 0) is 25.5 Å². The number of amides is 1. The van der Waals surface area contributed by atoms with Crippen LogP contribution in [-0.2, 0) is 4.79 Å². The molecule has 0 saturated heterocycles. The molecule has 1 atom stereocenters. The van der Waals surface area contributed by atoms with Crippen LogP contribution in [0.1, 0.15) is 24.0 Å². The molecule has 1 unspecified atom stereocenters. The summed E-state index contributed by atoms with van der Waals surface area (Å²) in [4.78, 5) is 11.3. The fourth-order valence-electron chi connectivity index (χ4n) is 1.50. The number of hydrogen-bond acceptors (Lipinski definition) is 2. The van der Waals surface area contributed by atoms with E-state index in [4.69, 9.17) is 0 Å². The Labute approximate surface area is 109 Å². The maximum atomic E-state index is 11.3. The number of benzene rings is 1. The van der Waals surface area contributed by atoms with E-state index in [9.17, 15) is 4.79 Å². The highest BCUT2D eigenvalue weighted by molar-refractivity contribution is 5.85. The highest BCUT2D eigenvalue weighted by Gasteiger charge is 2.06. The molecule has 1 rings (SSSR count). The molecule has 2 N–H and O–H groups in total. The van der Waals surface area contributed by atoms with Crippen LogP contribution in [0.25, 0.3) is 0 Å². The molecule has 0 radical (unpaired) electrons. The molecule has 17 heavy (non-hydrogen) atoms. The summed E-state index contributed by atoms with van der Waals surface area (Å²) in [6.45, 7) is 5.25. The Morgan fingerprint density at radius 2 is 1.88 bits per heavy atom. The van der Waals surface area contributed by atoms with Crippen molar-refractivity contribution in [2.75, 3.05) is 20.1 Å². The fraction of sp³-hybridized carbons (Fsp3) is 0.462. The van der Waals surface area contributed by atoms with Crippen LogP contribution in [-0.4, -0.2) is 26.0 Å². The summed E-state index contributed by atoms with van der Waals surface area (Å²) in [7, 11) is 1.77. The van der Waals surface area contributed by atoms with E-state index in [-0.39, 0.29) is 18.3 Å². The number of nitrogens with one attached hydrogen (secondary N) is 2. The quantitative estimate of drug-likeness (QED) is 0.844. The molecule has 0 bridgehead atoms. The Balaban J connectivity index is 0.00000256. The SMILES string of the molecule is CNCC(=O)NCC(C)c1ccc(C)cc1.Cl. The predicted molar refractivity (Wildman–Crippen MR) is 73.8 cm³/mol. The van der Waals surface area contributed by atoms with Gasteiger partial charge >= 0.3 is 0 Å². The molecule has 1 amide bonds. The van der Waals surface area contributed by atoms with Gasteiger partial charge in [0.2, 0.25) is 5.91 Å². The largest absolute Gasteiger partial charge is 0.354 e. The first kappa shape index (κ1) is 15.9. The van der Waals surface area contributed by atoms with Crippen molar-refractivity contribution in [2.24, 2.45) is 0 Å². The Kier molecular flexibility index (Phi) is 7.59. The lowest BCUT2D eigenvalue weighted by Gasteiger charge is -2.13. The van der Waals surface area contributed by atoms with Crippen molar-refractivity contribution in [1.82, 2.24) is 10.6 Å². The van der Waals surface area contributed by atoms with Crippen molar-refractivity contribution >= 4 is 18.3 Å². The van der Waals surface area contributed by atoms with E-state index < -0.39 is 0 Å². The molecule has 3 nitrogen and oxygen atoms in total. The van der Waals surface area contributed by atoms with Gasteiger partial charge in [-0.2, -0.15) is 0 Å². The summed E-state index contributed by atoms with van der Waals surface area (Å²) in [6, 6.07) is 8.43. The van der Waals surface area contributed by atoms with Gasteiger partial charge < -0.3 is 10.6 Å². The number of likely N-dealkylation sites (N-methyl/N-ethyl adjacent to an activating group) is 1. The molecule has 0 heterocycles. The summed E-state index contributed by atoms with van der Waals surface area (Å²) in [5.74, 6) is 0.392. The Hall–Kier alpha value is -1.06. The number of hydrogen-bond donors (Lipinski definition) is 2. The lowest BCUT2D eigenvalue weighted by molar-refractivity contribution is -0.120. The first-order chi connectivity index (χ1) is 7.63. The molecule has 0 fully saturated rings. The van der Waals surface area contributed by atoms with Crippen LogP contribution in [0.4, 0.5) is 0 Å². The lowest BCUT2D eigenvalue weighted by Crippen LogP contribution is -2.34. The Morgan fingerprint density at radius 1 is 1.29 bits per heavy atom. The topological polar surface area (TPSA) is 41.1 Å². The minimum Gasteiger partial charge on any atom is -0.354 e. The minimum atomic E-state index is 0. The maximum Gasteiger partial charge on any atom is 0.233 e. The lowest BCUT2D eigenvalue weighted by atomic mass is 10.00. The predicted octanol–water partition coefficient (Wildman–Crippen LogP) is 1.86. The highest BCUT2D eigenvalue weighted by Crippen LogP contribution is 2.14. The third-order valence-corrected chi connectivity index (χ3v) is 2.59. The number of carbonyl (C=O) groups is 1. The van der Waals surface area contributed by atoms with Crippen molar-refractivity contribution in [3.05, 3.63) is 35.4 Å². The van der Waals surface area contributed by atoms with Crippen LogP contribution in [0.2, 0.25) is 0 Å². The Bertz CT molecular complexity index is 338. The van der Waals surface area contributed by atoms with Crippen LogP contribution < -0.4 is 10.6 Å². The summed E-state index contributed by atoms with van der Waals surface area (Å²) in [6.07, 6.45) is 0. The summed E-state index contributed by atoms with van der Waals surface area (Å²) in [5.41, 5.74) is 2.52. The van der Waals surface area contributed by atoms with Gasteiger partial charge in [0, 0.05) is 6.54 Å². The van der Waals surface area contributed by atoms with Gasteiger partial charge in [0.25, 0.3) is 0 Å². The summed E-state index contributed by atoms with van der Waals surface area (Å²) < 4.78 is 0. The van der Waals surface area contributed by atoms with Crippen LogP contribution >= 0.6 is 12.4 Å². The van der Waals surface area contributed by atoms with Crippen LogP contribution in [0.3, 0.4) is 0 Å². The summed E-state index contributed by atoms with van der Waals surface area (Å²) >= 11 is 0. The van der Waals surface area contributed by atoms with Gasteiger partial charge in [-0.25, -0.2) is 0 Å². The molecule has 0 spiro atoms. The second kappa shape index (κ2) is 8.09. The smallest absolute Gasteiger partial charge is 0.233 e. The number of aryl methyl sites for hydroxylation is 1. The minimum absolute atomic E-state index is 0. The molecule has 0 saturated carbocycles. The maximum absolute atomic E-state index is 11.3. The third-order valence-electron chi connectivity index (χ3n) is 2.59. The number of rotatable bonds is 5. The number of carbonyl (C=O) groups excluding carboxylic acids is 1. The average Bonchev–Trinajstić information content (AvgIpc) is 2.27. The van der Waals surface area contributed by atoms with E-state index in [0.717, 1.165) is 0 Å².